The van der Waals surface area contributed by atoms with Gasteiger partial charge in [0.1, 0.15) is 0 Å². The Morgan fingerprint density at radius 3 is 2.14 bits per heavy atom. The van der Waals surface area contributed by atoms with Gasteiger partial charge >= 0.3 is 0 Å². The summed E-state index contributed by atoms with van der Waals surface area (Å²) in [6.07, 6.45) is 2.06. The molecule has 2 aliphatic heterocycles. The molecule has 2 fully saturated rings. The van der Waals surface area contributed by atoms with Crippen molar-refractivity contribution in [3.8, 4) is 0 Å². The summed E-state index contributed by atoms with van der Waals surface area (Å²) < 4.78 is 33.3. The molecular formula is C15H22N2O3S. The lowest BCUT2D eigenvalue weighted by molar-refractivity contribution is -0.0114. The minimum Gasteiger partial charge on any atom is -0.388 e. The van der Waals surface area contributed by atoms with Gasteiger partial charge in [0, 0.05) is 25.8 Å². The van der Waals surface area contributed by atoms with E-state index < -0.39 is 10.0 Å². The van der Waals surface area contributed by atoms with Crippen molar-refractivity contribution in [2.24, 2.45) is 0 Å². The fourth-order valence-corrected chi connectivity index (χ4v) is 5.32. The second kappa shape index (κ2) is 5.26. The van der Waals surface area contributed by atoms with Crippen LogP contribution in [0.1, 0.15) is 24.0 Å². The predicted octanol–water partition coefficient (Wildman–Crippen LogP) is 1.90. The molecule has 2 atom stereocenters. The lowest BCUT2D eigenvalue weighted by Gasteiger charge is -2.32. The number of fused-ring (bicyclic) bond motifs is 2. The molecule has 21 heavy (non-hydrogen) atoms. The van der Waals surface area contributed by atoms with Crippen molar-refractivity contribution in [1.29, 1.82) is 0 Å². The zero-order valence-corrected chi connectivity index (χ0v) is 13.5. The Morgan fingerprint density at radius 2 is 1.67 bits per heavy atom. The first kappa shape index (κ1) is 14.8. The lowest BCUT2D eigenvalue weighted by atomic mass is 10.1. The summed E-state index contributed by atoms with van der Waals surface area (Å²) >= 11 is 0. The van der Waals surface area contributed by atoms with Gasteiger partial charge in [0.2, 0.25) is 10.0 Å². The molecule has 0 aromatic heterocycles. The van der Waals surface area contributed by atoms with Crippen LogP contribution in [-0.4, -0.2) is 45.1 Å². The highest BCUT2D eigenvalue weighted by molar-refractivity contribution is 7.89. The van der Waals surface area contributed by atoms with Crippen LogP contribution in [0.4, 0.5) is 5.69 Å². The normalized spacial score (nSPS) is 26.0. The zero-order valence-electron chi connectivity index (χ0n) is 12.7. The number of nitrogens with one attached hydrogen (secondary N) is 1. The molecule has 0 amide bonds. The fourth-order valence-electron chi connectivity index (χ4n) is 3.40. The standard InChI is InChI=1S/C15H22N2O3S/c1-10-6-12(16-3)7-11(2)15(10)21(18,19)17-8-13-4-5-14(9-17)20-13/h6-7,13-14,16H,4-5,8-9H2,1-3H3. The second-order valence-corrected chi connectivity index (χ2v) is 7.84. The van der Waals surface area contributed by atoms with Gasteiger partial charge in [-0.3, -0.25) is 0 Å². The first-order valence-electron chi connectivity index (χ1n) is 7.36. The number of aryl methyl sites for hydroxylation is 2. The van der Waals surface area contributed by atoms with Crippen molar-refractivity contribution in [2.75, 3.05) is 25.5 Å². The largest absolute Gasteiger partial charge is 0.388 e. The maximum absolute atomic E-state index is 13.0. The molecule has 1 aromatic rings. The van der Waals surface area contributed by atoms with Crippen LogP contribution in [0.5, 0.6) is 0 Å². The minimum absolute atomic E-state index is 0.0655. The molecule has 0 aliphatic carbocycles. The smallest absolute Gasteiger partial charge is 0.243 e. The van der Waals surface area contributed by atoms with Crippen LogP contribution >= 0.6 is 0 Å². The summed E-state index contributed by atoms with van der Waals surface area (Å²) in [4.78, 5) is 0.447. The fraction of sp³-hybridized carbons (Fsp3) is 0.600. The molecule has 116 valence electrons. The van der Waals surface area contributed by atoms with E-state index in [1.807, 2.05) is 33.0 Å². The topological polar surface area (TPSA) is 58.6 Å². The highest BCUT2D eigenvalue weighted by atomic mass is 32.2. The molecule has 0 radical (unpaired) electrons. The Bertz CT molecular complexity index is 622. The Morgan fingerprint density at radius 1 is 1.14 bits per heavy atom. The monoisotopic (exact) mass is 310 g/mol. The lowest BCUT2D eigenvalue weighted by Crippen LogP contribution is -2.46. The van der Waals surface area contributed by atoms with E-state index in [1.54, 1.807) is 4.31 Å². The molecule has 2 heterocycles. The first-order chi connectivity index (χ1) is 9.91. The molecule has 3 rings (SSSR count). The molecule has 6 heteroatoms. The molecule has 2 aliphatic rings. The Labute approximate surface area is 126 Å². The van der Waals surface area contributed by atoms with Gasteiger partial charge in [-0.2, -0.15) is 4.31 Å². The van der Waals surface area contributed by atoms with Gasteiger partial charge in [0.25, 0.3) is 0 Å². The molecule has 0 saturated carbocycles. The molecule has 5 nitrogen and oxygen atoms in total. The van der Waals surface area contributed by atoms with E-state index in [1.165, 1.54) is 0 Å². The van der Waals surface area contributed by atoms with E-state index in [-0.39, 0.29) is 12.2 Å². The number of ether oxygens (including phenoxy) is 1. The van der Waals surface area contributed by atoms with Crippen LogP contribution in [0.15, 0.2) is 17.0 Å². The number of benzene rings is 1. The average molecular weight is 310 g/mol. The Kier molecular flexibility index (Phi) is 3.71. The zero-order chi connectivity index (χ0) is 15.2. The summed E-state index contributed by atoms with van der Waals surface area (Å²) in [7, 11) is -1.61. The van der Waals surface area contributed by atoms with Gasteiger partial charge in [-0.1, -0.05) is 0 Å². The SMILES string of the molecule is CNc1cc(C)c(S(=O)(=O)N2CC3CCC(C2)O3)c(C)c1. The second-order valence-electron chi connectivity index (χ2n) is 5.97. The van der Waals surface area contributed by atoms with E-state index >= 15 is 0 Å². The van der Waals surface area contributed by atoms with Gasteiger partial charge in [-0.05, 0) is 49.9 Å². The van der Waals surface area contributed by atoms with Crippen LogP contribution in [0, 0.1) is 13.8 Å². The van der Waals surface area contributed by atoms with Gasteiger partial charge in [0.05, 0.1) is 17.1 Å². The molecule has 0 spiro atoms. The van der Waals surface area contributed by atoms with Gasteiger partial charge in [-0.15, -0.1) is 0 Å². The van der Waals surface area contributed by atoms with Crippen LogP contribution in [0.2, 0.25) is 0 Å². The third kappa shape index (κ3) is 2.56. The summed E-state index contributed by atoms with van der Waals surface area (Å²) in [5.74, 6) is 0. The summed E-state index contributed by atoms with van der Waals surface area (Å²) in [6, 6.07) is 3.77. The van der Waals surface area contributed by atoms with Crippen LogP contribution < -0.4 is 5.32 Å². The Balaban J connectivity index is 1.99. The number of anilines is 1. The van der Waals surface area contributed by atoms with Crippen molar-refractivity contribution in [2.45, 2.75) is 43.8 Å². The predicted molar refractivity (Wildman–Crippen MR) is 82.1 cm³/mol. The van der Waals surface area contributed by atoms with Crippen molar-refractivity contribution in [3.05, 3.63) is 23.3 Å². The molecule has 2 bridgehead atoms. The molecule has 1 N–H and O–H groups in total. The first-order valence-corrected chi connectivity index (χ1v) is 8.80. The van der Waals surface area contributed by atoms with E-state index in [4.69, 9.17) is 4.74 Å². The van der Waals surface area contributed by atoms with Gasteiger partial charge < -0.3 is 10.1 Å². The molecule has 1 aromatic carbocycles. The van der Waals surface area contributed by atoms with Gasteiger partial charge in [-0.25, -0.2) is 8.42 Å². The molecular weight excluding hydrogens is 288 g/mol. The summed E-state index contributed by atoms with van der Waals surface area (Å²) in [5.41, 5.74) is 2.52. The van der Waals surface area contributed by atoms with E-state index in [0.29, 0.717) is 18.0 Å². The summed E-state index contributed by atoms with van der Waals surface area (Å²) in [5, 5.41) is 3.06. The third-order valence-corrected chi connectivity index (χ3v) is 6.49. The van der Waals surface area contributed by atoms with Crippen molar-refractivity contribution in [3.63, 3.8) is 0 Å². The van der Waals surface area contributed by atoms with Crippen molar-refractivity contribution < 1.29 is 13.2 Å². The number of rotatable bonds is 3. The van der Waals surface area contributed by atoms with Crippen molar-refractivity contribution in [1.82, 2.24) is 4.31 Å². The quantitative estimate of drug-likeness (QED) is 0.926. The van der Waals surface area contributed by atoms with Crippen LogP contribution in [0.25, 0.3) is 0 Å². The van der Waals surface area contributed by atoms with Crippen molar-refractivity contribution >= 4 is 15.7 Å². The number of nitrogens with zero attached hydrogens (tertiary/aromatic N) is 1. The summed E-state index contributed by atoms with van der Waals surface area (Å²) in [6.45, 7) is 4.67. The number of sulfonamides is 1. The van der Waals surface area contributed by atoms with Gasteiger partial charge in [0.15, 0.2) is 0 Å². The highest BCUT2D eigenvalue weighted by Crippen LogP contribution is 2.32. The molecule has 2 saturated heterocycles. The number of morpholine rings is 1. The minimum atomic E-state index is -3.45. The Hall–Kier alpha value is -1.11. The maximum atomic E-state index is 13.0. The van der Waals surface area contributed by atoms with E-state index in [2.05, 4.69) is 5.32 Å². The number of hydrogen-bond donors (Lipinski definition) is 1. The highest BCUT2D eigenvalue weighted by Gasteiger charge is 2.40. The molecule has 2 unspecified atom stereocenters. The average Bonchev–Trinajstić information content (AvgIpc) is 2.76. The third-order valence-electron chi connectivity index (χ3n) is 4.36. The van der Waals surface area contributed by atoms with E-state index in [9.17, 15) is 8.42 Å². The maximum Gasteiger partial charge on any atom is 0.243 e. The number of hydrogen-bond acceptors (Lipinski definition) is 4. The van der Waals surface area contributed by atoms with E-state index in [0.717, 1.165) is 29.7 Å². The van der Waals surface area contributed by atoms with Crippen LogP contribution in [-0.2, 0) is 14.8 Å². The van der Waals surface area contributed by atoms with Crippen LogP contribution in [0.3, 0.4) is 0 Å².